The molecule has 212 valence electrons. The summed E-state index contributed by atoms with van der Waals surface area (Å²) in [4.78, 5) is 12.3. The van der Waals surface area contributed by atoms with E-state index in [9.17, 15) is 9.90 Å². The number of fused-ring (bicyclic) bond motifs is 5. The van der Waals surface area contributed by atoms with Gasteiger partial charge in [0.25, 0.3) is 8.32 Å². The molecule has 0 bridgehead atoms. The second-order valence-corrected chi connectivity index (χ2v) is 16.7. The summed E-state index contributed by atoms with van der Waals surface area (Å²) in [5.41, 5.74) is 1.16. The fourth-order valence-electron chi connectivity index (χ4n) is 9.74. The van der Waals surface area contributed by atoms with Crippen LogP contribution in [-0.2, 0) is 9.22 Å². The van der Waals surface area contributed by atoms with Crippen molar-refractivity contribution in [1.82, 2.24) is 0 Å². The Morgan fingerprint density at radius 1 is 0.756 bits per heavy atom. The van der Waals surface area contributed by atoms with Crippen LogP contribution in [0.4, 0.5) is 0 Å². The van der Waals surface area contributed by atoms with Crippen molar-refractivity contribution in [3.63, 3.8) is 0 Å². The number of carbonyl (C=O) groups excluding carboxylic acids is 1. The minimum atomic E-state index is -2.80. The molecular formula is C37H42O3Si. The number of hydrogen-bond donors (Lipinski definition) is 1. The lowest BCUT2D eigenvalue weighted by Gasteiger charge is -2.58. The first kappa shape index (κ1) is 27.1. The van der Waals surface area contributed by atoms with E-state index in [0.29, 0.717) is 24.2 Å². The zero-order chi connectivity index (χ0) is 28.1. The fraction of sp³-hybridized carbons (Fsp3) is 0.432. The molecule has 7 rings (SSSR count). The Bertz CT molecular complexity index is 1320. The summed E-state index contributed by atoms with van der Waals surface area (Å²) in [5, 5.41) is 14.7. The summed E-state index contributed by atoms with van der Waals surface area (Å²) in [6.07, 6.45) is 10.1. The third kappa shape index (κ3) is 4.17. The first-order valence-electron chi connectivity index (χ1n) is 15.7. The minimum Gasteiger partial charge on any atom is -0.401 e. The van der Waals surface area contributed by atoms with E-state index < -0.39 is 8.32 Å². The second kappa shape index (κ2) is 10.5. The van der Waals surface area contributed by atoms with E-state index in [2.05, 4.69) is 97.9 Å². The average molecular weight is 563 g/mol. The van der Waals surface area contributed by atoms with E-state index in [0.717, 1.165) is 38.5 Å². The van der Waals surface area contributed by atoms with Crippen LogP contribution < -0.4 is 15.6 Å². The Morgan fingerprint density at radius 3 is 1.90 bits per heavy atom. The van der Waals surface area contributed by atoms with Gasteiger partial charge >= 0.3 is 0 Å². The third-order valence-electron chi connectivity index (χ3n) is 11.7. The zero-order valence-corrected chi connectivity index (χ0v) is 25.2. The Balaban J connectivity index is 1.28. The predicted octanol–water partition coefficient (Wildman–Crippen LogP) is 5.54. The van der Waals surface area contributed by atoms with Crippen molar-refractivity contribution < 1.29 is 14.3 Å². The lowest BCUT2D eigenvalue weighted by Crippen LogP contribution is -2.71. The molecule has 4 aliphatic rings. The number of ketones is 1. The van der Waals surface area contributed by atoms with Crippen LogP contribution in [0.15, 0.2) is 103 Å². The maximum Gasteiger partial charge on any atom is 0.288 e. The van der Waals surface area contributed by atoms with Gasteiger partial charge in [-0.15, -0.1) is 0 Å². The molecule has 3 saturated carbocycles. The maximum absolute atomic E-state index is 12.3. The van der Waals surface area contributed by atoms with E-state index in [1.807, 2.05) is 6.08 Å². The van der Waals surface area contributed by atoms with Crippen LogP contribution in [0.5, 0.6) is 0 Å². The Morgan fingerprint density at radius 2 is 1.34 bits per heavy atom. The van der Waals surface area contributed by atoms with E-state index in [1.165, 1.54) is 27.6 Å². The summed E-state index contributed by atoms with van der Waals surface area (Å²) < 4.78 is 7.82. The summed E-state index contributed by atoms with van der Waals surface area (Å²) >= 11 is 0. The molecule has 0 amide bonds. The number of rotatable bonds is 6. The maximum atomic E-state index is 12.3. The van der Waals surface area contributed by atoms with Crippen molar-refractivity contribution >= 4 is 29.7 Å². The molecular weight excluding hydrogens is 520 g/mol. The number of aliphatic hydroxyl groups is 1. The van der Waals surface area contributed by atoms with Crippen molar-refractivity contribution in [3.05, 3.63) is 103 Å². The van der Waals surface area contributed by atoms with Gasteiger partial charge in [-0.2, -0.15) is 0 Å². The highest BCUT2D eigenvalue weighted by atomic mass is 28.4. The van der Waals surface area contributed by atoms with E-state index in [1.54, 1.807) is 0 Å². The van der Waals surface area contributed by atoms with Crippen molar-refractivity contribution in [3.8, 4) is 0 Å². The molecule has 3 aromatic carbocycles. The van der Waals surface area contributed by atoms with Gasteiger partial charge in [0.05, 0.1) is 12.7 Å². The van der Waals surface area contributed by atoms with Gasteiger partial charge < -0.3 is 9.53 Å². The van der Waals surface area contributed by atoms with E-state index >= 15 is 0 Å². The number of carbonyl (C=O) groups is 1. The Hall–Kier alpha value is -2.79. The van der Waals surface area contributed by atoms with Gasteiger partial charge in [-0.3, -0.25) is 4.79 Å². The van der Waals surface area contributed by atoms with Crippen molar-refractivity contribution in [2.24, 2.45) is 28.6 Å². The average Bonchev–Trinajstić information content (AvgIpc) is 3.36. The summed E-state index contributed by atoms with van der Waals surface area (Å²) in [6, 6.07) is 33.0. The van der Waals surface area contributed by atoms with Gasteiger partial charge in [0.1, 0.15) is 0 Å². The van der Waals surface area contributed by atoms with Gasteiger partial charge in [0.15, 0.2) is 5.78 Å². The number of benzene rings is 3. The molecule has 0 spiro atoms. The normalized spacial score (nSPS) is 32.9. The van der Waals surface area contributed by atoms with Crippen LogP contribution in [0.3, 0.4) is 0 Å². The number of aliphatic hydroxyl groups excluding tert-OH is 1. The SMILES string of the molecule is C[C@]12CC[C@@H]3[C@@H](CCC4=CC(=O)CC[C@@]43CO)[C@@H]1CCC2O[Si](c1ccccc1)(c1ccccc1)c1ccccc1. The molecule has 3 aromatic rings. The number of hydrogen-bond acceptors (Lipinski definition) is 3. The van der Waals surface area contributed by atoms with Crippen LogP contribution in [0.1, 0.15) is 58.3 Å². The second-order valence-electron chi connectivity index (χ2n) is 13.4. The Labute approximate surface area is 245 Å². The monoisotopic (exact) mass is 562 g/mol. The lowest BCUT2D eigenvalue weighted by atomic mass is 9.47. The minimum absolute atomic E-state index is 0.0973. The summed E-state index contributed by atoms with van der Waals surface area (Å²) in [5.74, 6) is 1.89. The molecule has 41 heavy (non-hydrogen) atoms. The van der Waals surface area contributed by atoms with Crippen molar-refractivity contribution in [1.29, 1.82) is 0 Å². The highest BCUT2D eigenvalue weighted by Crippen LogP contribution is 2.65. The molecule has 0 aromatic heterocycles. The molecule has 3 fully saturated rings. The van der Waals surface area contributed by atoms with Crippen LogP contribution in [-0.4, -0.2) is 31.9 Å². The van der Waals surface area contributed by atoms with Gasteiger partial charge in [-0.05, 0) is 89.8 Å². The standard InChI is InChI=1S/C37H42O3Si/c1-36-23-22-34-32(18-17-27-25-28(39)21-24-37(27,34)26-38)33(36)19-20-35(36)40-41(29-11-5-2-6-12-29,30-13-7-3-8-14-30)31-15-9-4-10-16-31/h2-16,25,32-35,38H,17-24,26H2,1H3/t32-,33-,34+,35?,36-,37+/m0/s1. The van der Waals surface area contributed by atoms with Gasteiger partial charge in [0, 0.05) is 11.8 Å². The van der Waals surface area contributed by atoms with Crippen LogP contribution in [0.25, 0.3) is 0 Å². The fourth-order valence-corrected chi connectivity index (χ4v) is 13.9. The van der Waals surface area contributed by atoms with Crippen LogP contribution in [0, 0.1) is 28.6 Å². The lowest BCUT2D eigenvalue weighted by molar-refractivity contribution is -0.119. The summed E-state index contributed by atoms with van der Waals surface area (Å²) in [6.45, 7) is 2.70. The third-order valence-corrected chi connectivity index (χ3v) is 15.8. The summed E-state index contributed by atoms with van der Waals surface area (Å²) in [7, 11) is -2.80. The topological polar surface area (TPSA) is 46.5 Å². The first-order valence-corrected chi connectivity index (χ1v) is 17.6. The Kier molecular flexibility index (Phi) is 6.92. The van der Waals surface area contributed by atoms with Crippen molar-refractivity contribution in [2.75, 3.05) is 6.61 Å². The van der Waals surface area contributed by atoms with Crippen LogP contribution in [0.2, 0.25) is 0 Å². The van der Waals surface area contributed by atoms with E-state index in [-0.39, 0.29) is 29.3 Å². The predicted molar refractivity (Wildman–Crippen MR) is 167 cm³/mol. The van der Waals surface area contributed by atoms with Gasteiger partial charge in [-0.1, -0.05) is 103 Å². The first-order chi connectivity index (χ1) is 20.0. The van der Waals surface area contributed by atoms with Gasteiger partial charge in [-0.25, -0.2) is 0 Å². The molecule has 0 aliphatic heterocycles. The molecule has 1 N–H and O–H groups in total. The molecule has 0 heterocycles. The zero-order valence-electron chi connectivity index (χ0n) is 24.2. The molecule has 4 heteroatoms. The van der Waals surface area contributed by atoms with Gasteiger partial charge in [0.2, 0.25) is 0 Å². The van der Waals surface area contributed by atoms with Crippen molar-refractivity contribution in [2.45, 2.75) is 64.4 Å². The van der Waals surface area contributed by atoms with E-state index in [4.69, 9.17) is 4.43 Å². The molecule has 1 unspecified atom stereocenters. The quantitative estimate of drug-likeness (QED) is 0.317. The largest absolute Gasteiger partial charge is 0.401 e. The molecule has 3 nitrogen and oxygen atoms in total. The molecule has 0 saturated heterocycles. The molecule has 0 radical (unpaired) electrons. The molecule has 6 atom stereocenters. The highest BCUT2D eigenvalue weighted by Gasteiger charge is 2.61. The highest BCUT2D eigenvalue weighted by molar-refractivity contribution is 7.07. The molecule has 4 aliphatic carbocycles. The van der Waals surface area contributed by atoms with Crippen LogP contribution >= 0.6 is 0 Å². The smallest absolute Gasteiger partial charge is 0.288 e.